The molecule has 1 heterocycles. The normalized spacial score (nSPS) is 11.5. The summed E-state index contributed by atoms with van der Waals surface area (Å²) in [5.41, 5.74) is 2.76. The monoisotopic (exact) mass is 445 g/mol. The van der Waals surface area contributed by atoms with Crippen molar-refractivity contribution in [1.29, 1.82) is 0 Å². The fraction of sp³-hybridized carbons (Fsp3) is 0.238. The minimum absolute atomic E-state index is 0.0606. The Labute approximate surface area is 180 Å². The van der Waals surface area contributed by atoms with Gasteiger partial charge in [0.25, 0.3) is 5.91 Å². The highest BCUT2D eigenvalue weighted by Crippen LogP contribution is 2.28. The first-order valence-corrected chi connectivity index (χ1v) is 11.6. The lowest BCUT2D eigenvalue weighted by molar-refractivity contribution is 0.102. The Morgan fingerprint density at radius 3 is 2.43 bits per heavy atom. The van der Waals surface area contributed by atoms with E-state index < -0.39 is 15.9 Å². The molecule has 0 aliphatic heterocycles. The van der Waals surface area contributed by atoms with E-state index >= 15 is 0 Å². The predicted molar refractivity (Wildman–Crippen MR) is 119 cm³/mol. The van der Waals surface area contributed by atoms with E-state index in [1.54, 1.807) is 11.4 Å². The lowest BCUT2D eigenvalue weighted by atomic mass is 10.0. The van der Waals surface area contributed by atoms with Gasteiger partial charge in [-0.15, -0.1) is 11.3 Å². The van der Waals surface area contributed by atoms with Crippen LogP contribution in [0.5, 0.6) is 5.75 Å². The van der Waals surface area contributed by atoms with Crippen molar-refractivity contribution in [2.75, 3.05) is 19.5 Å². The SMILES string of the molecule is CNS(=O)(=O)c1cc(NC(=O)c2csc(-c3ccc(C(C)C)cc3)n2)ccc1OC. The van der Waals surface area contributed by atoms with E-state index in [-0.39, 0.29) is 16.3 Å². The van der Waals surface area contributed by atoms with E-state index in [1.807, 2.05) is 12.1 Å². The molecule has 0 unspecified atom stereocenters. The Hall–Kier alpha value is -2.75. The molecule has 0 spiro atoms. The van der Waals surface area contributed by atoms with Gasteiger partial charge in [-0.25, -0.2) is 18.1 Å². The van der Waals surface area contributed by atoms with Crippen LogP contribution in [0, 0.1) is 0 Å². The Morgan fingerprint density at radius 1 is 1.13 bits per heavy atom. The summed E-state index contributed by atoms with van der Waals surface area (Å²) < 4.78 is 31.8. The van der Waals surface area contributed by atoms with Crippen LogP contribution in [0.15, 0.2) is 52.7 Å². The summed E-state index contributed by atoms with van der Waals surface area (Å²) in [6.07, 6.45) is 0. The number of nitrogens with one attached hydrogen (secondary N) is 2. The lowest BCUT2D eigenvalue weighted by Crippen LogP contribution is -2.20. The first kappa shape index (κ1) is 21.9. The molecule has 2 N–H and O–H groups in total. The maximum Gasteiger partial charge on any atom is 0.275 e. The number of carbonyl (C=O) groups is 1. The zero-order chi connectivity index (χ0) is 21.9. The number of aromatic nitrogens is 1. The number of amides is 1. The topological polar surface area (TPSA) is 97.4 Å². The predicted octanol–water partition coefficient (Wildman–Crippen LogP) is 4.10. The molecule has 0 saturated heterocycles. The lowest BCUT2D eigenvalue weighted by Gasteiger charge is -2.11. The molecule has 3 rings (SSSR count). The molecule has 9 heteroatoms. The number of sulfonamides is 1. The first-order valence-electron chi connectivity index (χ1n) is 9.24. The van der Waals surface area contributed by atoms with Crippen molar-refractivity contribution < 1.29 is 17.9 Å². The first-order chi connectivity index (χ1) is 14.2. The van der Waals surface area contributed by atoms with E-state index in [0.29, 0.717) is 11.6 Å². The summed E-state index contributed by atoms with van der Waals surface area (Å²) in [5.74, 6) is 0.204. The van der Waals surface area contributed by atoms with Gasteiger partial charge in [-0.3, -0.25) is 4.79 Å². The molecule has 7 nitrogen and oxygen atoms in total. The smallest absolute Gasteiger partial charge is 0.275 e. The van der Waals surface area contributed by atoms with Gasteiger partial charge in [0.15, 0.2) is 0 Å². The molecule has 2 aromatic carbocycles. The number of hydrogen-bond acceptors (Lipinski definition) is 6. The standard InChI is InChI=1S/C21H23N3O4S2/c1-13(2)14-5-7-15(8-6-14)21-24-17(12-29-21)20(25)23-16-9-10-18(28-4)19(11-16)30(26,27)22-3/h5-13,22H,1-4H3,(H,23,25). The number of hydrogen-bond donors (Lipinski definition) is 2. The molecule has 0 radical (unpaired) electrons. The Morgan fingerprint density at radius 2 is 1.83 bits per heavy atom. The summed E-state index contributed by atoms with van der Waals surface area (Å²) >= 11 is 1.38. The van der Waals surface area contributed by atoms with Gasteiger partial charge in [-0.2, -0.15) is 0 Å². The van der Waals surface area contributed by atoms with Crippen LogP contribution in [0.3, 0.4) is 0 Å². The summed E-state index contributed by atoms with van der Waals surface area (Å²) in [6.45, 7) is 4.26. The third-order valence-electron chi connectivity index (χ3n) is 4.54. The van der Waals surface area contributed by atoms with Gasteiger partial charge in [0, 0.05) is 16.6 Å². The van der Waals surface area contributed by atoms with Crippen molar-refractivity contribution in [1.82, 2.24) is 9.71 Å². The van der Waals surface area contributed by atoms with Crippen LogP contribution in [0.25, 0.3) is 10.6 Å². The molecule has 3 aromatic rings. The number of ether oxygens (including phenoxy) is 1. The van der Waals surface area contributed by atoms with E-state index in [4.69, 9.17) is 4.74 Å². The average Bonchev–Trinajstić information content (AvgIpc) is 3.24. The number of methoxy groups -OCH3 is 1. The number of rotatable bonds is 7. The molecule has 1 aromatic heterocycles. The van der Waals surface area contributed by atoms with Crippen molar-refractivity contribution in [3.8, 4) is 16.3 Å². The number of benzene rings is 2. The molecular formula is C21H23N3O4S2. The van der Waals surface area contributed by atoms with E-state index in [2.05, 4.69) is 41.0 Å². The molecule has 0 atom stereocenters. The Bertz CT molecular complexity index is 1150. The largest absolute Gasteiger partial charge is 0.495 e. The minimum Gasteiger partial charge on any atom is -0.495 e. The zero-order valence-corrected chi connectivity index (χ0v) is 18.7. The van der Waals surface area contributed by atoms with Crippen molar-refractivity contribution in [2.24, 2.45) is 0 Å². The molecule has 1 amide bonds. The molecule has 0 bridgehead atoms. The van der Waals surface area contributed by atoms with E-state index in [1.165, 1.54) is 43.2 Å². The molecule has 0 fully saturated rings. The summed E-state index contributed by atoms with van der Waals surface area (Å²) in [6, 6.07) is 12.5. The molecule has 30 heavy (non-hydrogen) atoms. The molecule has 158 valence electrons. The van der Waals surface area contributed by atoms with Crippen molar-refractivity contribution >= 4 is 33.0 Å². The van der Waals surface area contributed by atoms with Crippen LogP contribution in [0.4, 0.5) is 5.69 Å². The van der Waals surface area contributed by atoms with Crippen LogP contribution in [-0.4, -0.2) is 33.5 Å². The number of anilines is 1. The fourth-order valence-electron chi connectivity index (χ4n) is 2.79. The van der Waals surface area contributed by atoms with Crippen LogP contribution >= 0.6 is 11.3 Å². The van der Waals surface area contributed by atoms with Gasteiger partial charge in [0.1, 0.15) is 21.3 Å². The van der Waals surface area contributed by atoms with Crippen molar-refractivity contribution in [3.63, 3.8) is 0 Å². The van der Waals surface area contributed by atoms with Crippen LogP contribution < -0.4 is 14.8 Å². The van der Waals surface area contributed by atoms with Gasteiger partial charge in [-0.05, 0) is 36.7 Å². The van der Waals surface area contributed by atoms with Gasteiger partial charge < -0.3 is 10.1 Å². The van der Waals surface area contributed by atoms with Crippen LogP contribution in [-0.2, 0) is 10.0 Å². The number of thiazole rings is 1. The summed E-state index contributed by atoms with van der Waals surface area (Å²) in [4.78, 5) is 17.0. The fourth-order valence-corrected chi connectivity index (χ4v) is 4.52. The maximum absolute atomic E-state index is 12.6. The summed E-state index contributed by atoms with van der Waals surface area (Å²) in [5, 5.41) is 5.11. The van der Waals surface area contributed by atoms with E-state index in [0.717, 1.165) is 10.6 Å². The summed E-state index contributed by atoms with van der Waals surface area (Å²) in [7, 11) is -1.05. The number of nitrogens with zero attached hydrogens (tertiary/aromatic N) is 1. The van der Waals surface area contributed by atoms with Crippen molar-refractivity contribution in [2.45, 2.75) is 24.7 Å². The highest BCUT2D eigenvalue weighted by atomic mass is 32.2. The van der Waals surface area contributed by atoms with Gasteiger partial charge >= 0.3 is 0 Å². The minimum atomic E-state index is -3.75. The third-order valence-corrected chi connectivity index (χ3v) is 6.87. The molecule has 0 aliphatic rings. The quantitative estimate of drug-likeness (QED) is 0.571. The van der Waals surface area contributed by atoms with Crippen molar-refractivity contribution in [3.05, 3.63) is 59.1 Å². The third kappa shape index (κ3) is 4.69. The molecule has 0 saturated carbocycles. The average molecular weight is 446 g/mol. The molecule has 0 aliphatic carbocycles. The van der Waals surface area contributed by atoms with Gasteiger partial charge in [0.2, 0.25) is 10.0 Å². The Kier molecular flexibility index (Phi) is 6.55. The van der Waals surface area contributed by atoms with Crippen LogP contribution in [0.1, 0.15) is 35.8 Å². The van der Waals surface area contributed by atoms with Crippen LogP contribution in [0.2, 0.25) is 0 Å². The van der Waals surface area contributed by atoms with Gasteiger partial charge in [-0.1, -0.05) is 38.1 Å². The zero-order valence-electron chi connectivity index (χ0n) is 17.1. The highest BCUT2D eigenvalue weighted by molar-refractivity contribution is 7.89. The van der Waals surface area contributed by atoms with Gasteiger partial charge in [0.05, 0.1) is 7.11 Å². The number of carbonyl (C=O) groups excluding carboxylic acids is 1. The highest BCUT2D eigenvalue weighted by Gasteiger charge is 2.19. The molecular weight excluding hydrogens is 422 g/mol. The second-order valence-electron chi connectivity index (χ2n) is 6.84. The Balaban J connectivity index is 1.81. The second kappa shape index (κ2) is 8.95. The second-order valence-corrected chi connectivity index (χ2v) is 9.55. The van der Waals surface area contributed by atoms with E-state index in [9.17, 15) is 13.2 Å². The maximum atomic E-state index is 12.6.